The first-order valence-electron chi connectivity index (χ1n) is 29.3. The van der Waals surface area contributed by atoms with Gasteiger partial charge < -0.3 is 14.2 Å². The lowest BCUT2D eigenvalue weighted by Gasteiger charge is -2.18. The first-order chi connectivity index (χ1) is 32.5. The molecule has 0 radical (unpaired) electrons. The summed E-state index contributed by atoms with van der Waals surface area (Å²) in [5.41, 5.74) is 0. The van der Waals surface area contributed by atoms with Crippen LogP contribution in [0.4, 0.5) is 0 Å². The molecule has 0 saturated carbocycles. The zero-order valence-electron chi connectivity index (χ0n) is 44.5. The molecule has 0 saturated heterocycles. The van der Waals surface area contributed by atoms with Crippen molar-refractivity contribution in [2.75, 3.05) is 13.2 Å². The molecule has 388 valence electrons. The van der Waals surface area contributed by atoms with Gasteiger partial charge in [-0.25, -0.2) is 0 Å². The van der Waals surface area contributed by atoms with Crippen LogP contribution < -0.4 is 0 Å². The van der Waals surface area contributed by atoms with Crippen LogP contribution in [0.15, 0.2) is 24.3 Å². The molecular weight excluding hydrogens is 817 g/mol. The average Bonchev–Trinajstić information content (AvgIpc) is 3.31. The smallest absolute Gasteiger partial charge is 0.306 e. The van der Waals surface area contributed by atoms with E-state index in [1.54, 1.807) is 0 Å². The summed E-state index contributed by atoms with van der Waals surface area (Å²) in [7, 11) is 0. The van der Waals surface area contributed by atoms with E-state index in [1.807, 2.05) is 0 Å². The minimum Gasteiger partial charge on any atom is -0.462 e. The molecule has 0 aromatic carbocycles. The largest absolute Gasteiger partial charge is 0.462 e. The minimum absolute atomic E-state index is 0.0719. The molecule has 0 amide bonds. The Labute approximate surface area is 411 Å². The van der Waals surface area contributed by atoms with Gasteiger partial charge in [-0.2, -0.15) is 0 Å². The van der Waals surface area contributed by atoms with Gasteiger partial charge in [0.25, 0.3) is 0 Å². The van der Waals surface area contributed by atoms with Gasteiger partial charge in [0, 0.05) is 19.3 Å². The Morgan fingerprint density at radius 2 is 0.500 bits per heavy atom. The highest BCUT2D eigenvalue weighted by atomic mass is 16.6. The molecule has 0 fully saturated rings. The zero-order valence-corrected chi connectivity index (χ0v) is 44.5. The summed E-state index contributed by atoms with van der Waals surface area (Å²) < 4.78 is 16.9. The van der Waals surface area contributed by atoms with Crippen molar-refractivity contribution in [3.63, 3.8) is 0 Å². The van der Waals surface area contributed by atoms with Crippen molar-refractivity contribution >= 4 is 17.9 Å². The first-order valence-corrected chi connectivity index (χ1v) is 29.3. The molecule has 0 aliphatic carbocycles. The second-order valence-corrected chi connectivity index (χ2v) is 19.9. The number of unbranched alkanes of at least 4 members (excludes halogenated alkanes) is 39. The number of carbonyl (C=O) groups is 3. The summed E-state index contributed by atoms with van der Waals surface area (Å²) in [6.07, 6.45) is 64.6. The molecule has 6 nitrogen and oxygen atoms in total. The molecule has 0 aromatic heterocycles. The van der Waals surface area contributed by atoms with Crippen molar-refractivity contribution in [1.82, 2.24) is 0 Å². The predicted octanol–water partition coefficient (Wildman–Crippen LogP) is 19.5. The van der Waals surface area contributed by atoms with Crippen molar-refractivity contribution < 1.29 is 28.6 Å². The Bertz CT molecular complexity index is 1070. The van der Waals surface area contributed by atoms with Crippen LogP contribution in [-0.4, -0.2) is 37.2 Å². The van der Waals surface area contributed by atoms with E-state index in [0.717, 1.165) is 64.2 Å². The van der Waals surface area contributed by atoms with Crippen molar-refractivity contribution in [2.24, 2.45) is 0 Å². The van der Waals surface area contributed by atoms with Gasteiger partial charge in [0.15, 0.2) is 6.10 Å². The monoisotopic (exact) mass is 929 g/mol. The zero-order chi connectivity index (χ0) is 47.9. The molecular formula is C60H112O6. The second-order valence-electron chi connectivity index (χ2n) is 19.9. The van der Waals surface area contributed by atoms with Gasteiger partial charge in [-0.15, -0.1) is 0 Å². The third kappa shape index (κ3) is 52.9. The van der Waals surface area contributed by atoms with Crippen LogP contribution in [0, 0.1) is 0 Å². The summed E-state index contributed by atoms with van der Waals surface area (Å²) in [6, 6.07) is 0. The van der Waals surface area contributed by atoms with Crippen LogP contribution in [-0.2, 0) is 28.6 Å². The van der Waals surface area contributed by atoms with Gasteiger partial charge in [-0.3, -0.25) is 14.4 Å². The van der Waals surface area contributed by atoms with E-state index >= 15 is 0 Å². The third-order valence-electron chi connectivity index (χ3n) is 13.2. The van der Waals surface area contributed by atoms with E-state index in [4.69, 9.17) is 14.2 Å². The maximum absolute atomic E-state index is 12.8. The Morgan fingerprint density at radius 1 is 0.288 bits per heavy atom. The predicted molar refractivity (Wildman–Crippen MR) is 284 cm³/mol. The molecule has 1 unspecified atom stereocenters. The fourth-order valence-corrected chi connectivity index (χ4v) is 8.73. The number of rotatable bonds is 54. The first kappa shape index (κ1) is 63.9. The molecule has 0 N–H and O–H groups in total. The Balaban J connectivity index is 4.30. The lowest BCUT2D eigenvalue weighted by atomic mass is 10.1. The summed E-state index contributed by atoms with van der Waals surface area (Å²) in [6.45, 7) is 6.67. The summed E-state index contributed by atoms with van der Waals surface area (Å²) in [5.74, 6) is -0.866. The molecule has 0 spiro atoms. The van der Waals surface area contributed by atoms with Crippen molar-refractivity contribution in [3.8, 4) is 0 Å². The molecule has 0 aliphatic heterocycles. The van der Waals surface area contributed by atoms with Crippen LogP contribution in [0.1, 0.15) is 323 Å². The van der Waals surface area contributed by atoms with Gasteiger partial charge in [0.2, 0.25) is 0 Å². The maximum Gasteiger partial charge on any atom is 0.306 e. The van der Waals surface area contributed by atoms with Crippen LogP contribution in [0.5, 0.6) is 0 Å². The average molecular weight is 930 g/mol. The van der Waals surface area contributed by atoms with Crippen molar-refractivity contribution in [3.05, 3.63) is 24.3 Å². The van der Waals surface area contributed by atoms with E-state index in [1.165, 1.54) is 218 Å². The van der Waals surface area contributed by atoms with E-state index in [0.29, 0.717) is 19.3 Å². The van der Waals surface area contributed by atoms with Crippen LogP contribution in [0.2, 0.25) is 0 Å². The van der Waals surface area contributed by atoms with Gasteiger partial charge >= 0.3 is 17.9 Å². The second kappa shape index (κ2) is 55.5. The molecule has 0 aromatic rings. The minimum atomic E-state index is -0.773. The third-order valence-corrected chi connectivity index (χ3v) is 13.2. The van der Waals surface area contributed by atoms with Crippen molar-refractivity contribution in [1.29, 1.82) is 0 Å². The van der Waals surface area contributed by atoms with Crippen LogP contribution in [0.3, 0.4) is 0 Å². The van der Waals surface area contributed by atoms with Crippen LogP contribution in [0.25, 0.3) is 0 Å². The van der Waals surface area contributed by atoms with E-state index < -0.39 is 6.10 Å². The SMILES string of the molecule is CCCCCCCCCC/C=C\CCCCCCCCCC(=O)OCC(COC(=O)CCCCCCCCCCCCC)OC(=O)CCCCCCC/C=C\CCCCCCCCCCC. The summed E-state index contributed by atoms with van der Waals surface area (Å²) in [4.78, 5) is 38.1. The number of hydrogen-bond acceptors (Lipinski definition) is 6. The van der Waals surface area contributed by atoms with Gasteiger partial charge in [0.05, 0.1) is 0 Å². The lowest BCUT2D eigenvalue weighted by molar-refractivity contribution is -0.167. The topological polar surface area (TPSA) is 78.9 Å². The Kier molecular flexibility index (Phi) is 53.7. The van der Waals surface area contributed by atoms with Gasteiger partial charge in [-0.05, 0) is 70.6 Å². The molecule has 66 heavy (non-hydrogen) atoms. The number of esters is 3. The molecule has 0 bridgehead atoms. The van der Waals surface area contributed by atoms with E-state index in [2.05, 4.69) is 45.1 Å². The van der Waals surface area contributed by atoms with E-state index in [9.17, 15) is 14.4 Å². The Morgan fingerprint density at radius 3 is 0.758 bits per heavy atom. The van der Waals surface area contributed by atoms with Gasteiger partial charge in [-0.1, -0.05) is 257 Å². The highest BCUT2D eigenvalue weighted by Gasteiger charge is 2.19. The number of ether oxygens (including phenoxy) is 3. The van der Waals surface area contributed by atoms with Crippen LogP contribution >= 0.6 is 0 Å². The standard InChI is InChI=1S/C60H112O6/c1-4-7-10-13-16-19-22-24-26-28-30-32-33-35-38-41-44-47-50-53-59(62)65-56-57(55-64-58(61)52-49-46-43-40-37-21-18-15-12-9-6-3)66-60(63)54-51-48-45-42-39-36-34-31-29-27-25-23-20-17-14-11-8-5-2/h28,30-31,34,57H,4-27,29,32-33,35-56H2,1-3H3/b30-28-,34-31-. The van der Waals surface area contributed by atoms with Crippen molar-refractivity contribution in [2.45, 2.75) is 329 Å². The number of hydrogen-bond donors (Lipinski definition) is 0. The number of carbonyl (C=O) groups excluding carboxylic acids is 3. The fourth-order valence-electron chi connectivity index (χ4n) is 8.73. The fraction of sp³-hybridized carbons (Fsp3) is 0.883. The summed E-state index contributed by atoms with van der Waals surface area (Å²) >= 11 is 0. The molecule has 1 atom stereocenters. The molecule has 6 heteroatoms. The van der Waals surface area contributed by atoms with Gasteiger partial charge in [0.1, 0.15) is 13.2 Å². The highest BCUT2D eigenvalue weighted by Crippen LogP contribution is 2.16. The van der Waals surface area contributed by atoms with E-state index in [-0.39, 0.29) is 31.1 Å². The quantitative estimate of drug-likeness (QED) is 0.0262. The lowest BCUT2D eigenvalue weighted by Crippen LogP contribution is -2.30. The molecule has 0 heterocycles. The highest BCUT2D eigenvalue weighted by molar-refractivity contribution is 5.71. The number of allylic oxidation sites excluding steroid dienone is 4. The molecule has 0 rings (SSSR count). The normalized spacial score (nSPS) is 12.1. The summed E-state index contributed by atoms with van der Waals surface area (Å²) in [5, 5.41) is 0. The maximum atomic E-state index is 12.8. The molecule has 0 aliphatic rings. The Hall–Kier alpha value is -2.11.